The molecule has 0 atom stereocenters. The number of terminal acetylenes is 1. The zero-order valence-electron chi connectivity index (χ0n) is 10.9. The van der Waals surface area contributed by atoms with E-state index in [0.717, 1.165) is 18.8 Å². The molecule has 0 aliphatic heterocycles. The second-order valence-corrected chi connectivity index (χ2v) is 4.32. The Kier molecular flexibility index (Phi) is 4.33. The lowest BCUT2D eigenvalue weighted by molar-refractivity contribution is 0.164. The maximum atomic E-state index is 5.63. The highest BCUT2D eigenvalue weighted by Gasteiger charge is 2.17. The first kappa shape index (κ1) is 13.3. The van der Waals surface area contributed by atoms with Crippen molar-refractivity contribution in [3.63, 3.8) is 0 Å². The molecule has 0 saturated heterocycles. The lowest BCUT2D eigenvalue weighted by atomic mass is 10.1. The minimum absolute atomic E-state index is 0.499. The molecular weight excluding hydrogens is 214 g/mol. The fourth-order valence-corrected chi connectivity index (χ4v) is 1.23. The Balaban J connectivity index is 2.86. The van der Waals surface area contributed by atoms with Crippen LogP contribution in [0.5, 0.6) is 5.88 Å². The van der Waals surface area contributed by atoms with Crippen molar-refractivity contribution in [3.8, 4) is 18.2 Å². The molecule has 0 saturated carbocycles. The van der Waals surface area contributed by atoms with E-state index < -0.39 is 5.60 Å². The quantitative estimate of drug-likeness (QED) is 0.793. The molecule has 17 heavy (non-hydrogen) atoms. The Morgan fingerprint density at radius 2 is 2.18 bits per heavy atom. The van der Waals surface area contributed by atoms with Gasteiger partial charge in [-0.25, -0.2) is 4.98 Å². The summed E-state index contributed by atoms with van der Waals surface area (Å²) < 4.78 is 5.63. The third-order valence-corrected chi connectivity index (χ3v) is 2.08. The van der Waals surface area contributed by atoms with Crippen molar-refractivity contribution in [1.82, 2.24) is 9.97 Å². The van der Waals surface area contributed by atoms with E-state index >= 15 is 0 Å². The third kappa shape index (κ3) is 4.31. The van der Waals surface area contributed by atoms with Crippen LogP contribution in [0.15, 0.2) is 6.07 Å². The number of aryl methyl sites for hydroxylation is 1. The molecule has 1 N–H and O–H groups in total. The van der Waals surface area contributed by atoms with E-state index in [1.807, 2.05) is 20.8 Å². The van der Waals surface area contributed by atoms with Crippen LogP contribution in [0.3, 0.4) is 0 Å². The van der Waals surface area contributed by atoms with Gasteiger partial charge in [-0.15, -0.1) is 6.42 Å². The predicted molar refractivity (Wildman–Crippen MR) is 69.1 cm³/mol. The van der Waals surface area contributed by atoms with Crippen LogP contribution < -0.4 is 10.1 Å². The fourth-order valence-electron chi connectivity index (χ4n) is 1.23. The van der Waals surface area contributed by atoms with Crippen LogP contribution in [0.1, 0.15) is 33.0 Å². The van der Waals surface area contributed by atoms with Crippen molar-refractivity contribution < 1.29 is 4.74 Å². The highest BCUT2D eigenvalue weighted by Crippen LogP contribution is 2.18. The van der Waals surface area contributed by atoms with Crippen LogP contribution >= 0.6 is 0 Å². The largest absolute Gasteiger partial charge is 0.458 e. The van der Waals surface area contributed by atoms with Crippen molar-refractivity contribution in [2.24, 2.45) is 0 Å². The second-order valence-electron chi connectivity index (χ2n) is 4.32. The van der Waals surface area contributed by atoms with Crippen molar-refractivity contribution in [2.75, 3.05) is 11.9 Å². The number of aromatic nitrogens is 2. The van der Waals surface area contributed by atoms with E-state index in [9.17, 15) is 0 Å². The van der Waals surface area contributed by atoms with Gasteiger partial charge in [-0.2, -0.15) is 4.98 Å². The van der Waals surface area contributed by atoms with Gasteiger partial charge in [0.15, 0.2) is 5.60 Å². The molecular formula is C13H19N3O. The van der Waals surface area contributed by atoms with Gasteiger partial charge in [0.25, 0.3) is 0 Å². The summed E-state index contributed by atoms with van der Waals surface area (Å²) in [6.45, 7) is 8.44. The molecule has 0 amide bonds. The highest BCUT2D eigenvalue weighted by atomic mass is 16.5. The number of hydrogen-bond donors (Lipinski definition) is 1. The van der Waals surface area contributed by atoms with Crippen molar-refractivity contribution in [1.29, 1.82) is 0 Å². The fraction of sp³-hybridized carbons (Fsp3) is 0.538. The molecule has 1 rings (SSSR count). The summed E-state index contributed by atoms with van der Waals surface area (Å²) in [7, 11) is 0. The summed E-state index contributed by atoms with van der Waals surface area (Å²) in [5.41, 5.74) is -0.664. The average Bonchev–Trinajstić information content (AvgIpc) is 2.25. The Morgan fingerprint density at radius 1 is 1.47 bits per heavy atom. The highest BCUT2D eigenvalue weighted by molar-refractivity contribution is 5.38. The predicted octanol–water partition coefficient (Wildman–Crippen LogP) is 2.40. The summed E-state index contributed by atoms with van der Waals surface area (Å²) in [6, 6.07) is 1.77. The molecule has 92 valence electrons. The van der Waals surface area contributed by atoms with Gasteiger partial charge >= 0.3 is 0 Å². The van der Waals surface area contributed by atoms with E-state index in [1.165, 1.54) is 0 Å². The number of nitrogens with zero attached hydrogens (tertiary/aromatic N) is 2. The Morgan fingerprint density at radius 3 is 2.76 bits per heavy atom. The lowest BCUT2D eigenvalue weighted by Crippen LogP contribution is -2.26. The molecule has 1 heterocycles. The zero-order chi connectivity index (χ0) is 12.9. The van der Waals surface area contributed by atoms with Gasteiger partial charge in [0.2, 0.25) is 5.88 Å². The maximum absolute atomic E-state index is 5.63. The molecule has 4 heteroatoms. The van der Waals surface area contributed by atoms with Gasteiger partial charge in [0.05, 0.1) is 0 Å². The number of anilines is 1. The molecule has 0 radical (unpaired) electrons. The summed E-state index contributed by atoms with van der Waals surface area (Å²) in [6.07, 6.45) is 6.41. The second kappa shape index (κ2) is 5.53. The molecule has 4 nitrogen and oxygen atoms in total. The molecule has 1 aromatic heterocycles. The van der Waals surface area contributed by atoms with Crippen LogP contribution in [0.25, 0.3) is 0 Å². The number of nitrogens with one attached hydrogen (secondary N) is 1. The van der Waals surface area contributed by atoms with Gasteiger partial charge in [-0.3, -0.25) is 0 Å². The first-order chi connectivity index (χ1) is 7.96. The van der Waals surface area contributed by atoms with Gasteiger partial charge in [0.1, 0.15) is 11.6 Å². The van der Waals surface area contributed by atoms with E-state index in [1.54, 1.807) is 6.07 Å². The molecule has 0 aliphatic carbocycles. The van der Waals surface area contributed by atoms with Crippen LogP contribution in [0, 0.1) is 19.3 Å². The summed E-state index contributed by atoms with van der Waals surface area (Å²) in [5.74, 6) is 4.49. The summed E-state index contributed by atoms with van der Waals surface area (Å²) in [5, 5.41) is 3.20. The third-order valence-electron chi connectivity index (χ3n) is 2.08. The van der Waals surface area contributed by atoms with Gasteiger partial charge in [-0.1, -0.05) is 12.8 Å². The first-order valence-corrected chi connectivity index (χ1v) is 5.73. The van der Waals surface area contributed by atoms with Gasteiger partial charge in [-0.05, 0) is 27.2 Å². The summed E-state index contributed by atoms with van der Waals surface area (Å²) in [4.78, 5) is 8.48. The SMILES string of the molecule is C#CC(C)(C)Oc1cc(NCCC)nc(C)n1. The standard InChI is InChI=1S/C13H19N3O/c1-6-8-14-11-9-12(16-10(3)15-11)17-13(4,5)7-2/h2,9H,6,8H2,1,3-5H3,(H,14,15,16). The van der Waals surface area contributed by atoms with Crippen LogP contribution in [0.2, 0.25) is 0 Å². The van der Waals surface area contributed by atoms with Crippen LogP contribution in [0.4, 0.5) is 5.82 Å². The first-order valence-electron chi connectivity index (χ1n) is 5.73. The Hall–Kier alpha value is -1.76. The number of ether oxygens (including phenoxy) is 1. The molecule has 0 aliphatic rings. The molecule has 0 bridgehead atoms. The van der Waals surface area contributed by atoms with Crippen LogP contribution in [-0.4, -0.2) is 22.1 Å². The van der Waals surface area contributed by atoms with Gasteiger partial charge in [0, 0.05) is 12.6 Å². The Bertz CT molecular complexity index is 421. The molecule has 0 spiro atoms. The lowest BCUT2D eigenvalue weighted by Gasteiger charge is -2.19. The zero-order valence-corrected chi connectivity index (χ0v) is 10.9. The van der Waals surface area contributed by atoms with Crippen molar-refractivity contribution in [3.05, 3.63) is 11.9 Å². The number of rotatable bonds is 5. The molecule has 0 fully saturated rings. The number of hydrogen-bond acceptors (Lipinski definition) is 4. The van der Waals surface area contributed by atoms with E-state index in [2.05, 4.69) is 28.1 Å². The normalized spacial score (nSPS) is 10.8. The van der Waals surface area contributed by atoms with E-state index in [4.69, 9.17) is 11.2 Å². The minimum Gasteiger partial charge on any atom is -0.458 e. The minimum atomic E-state index is -0.664. The molecule has 0 unspecified atom stereocenters. The van der Waals surface area contributed by atoms with Crippen LogP contribution in [-0.2, 0) is 0 Å². The smallest absolute Gasteiger partial charge is 0.220 e. The van der Waals surface area contributed by atoms with E-state index in [0.29, 0.717) is 11.7 Å². The van der Waals surface area contributed by atoms with Crippen molar-refractivity contribution in [2.45, 2.75) is 39.7 Å². The average molecular weight is 233 g/mol. The molecule has 1 aromatic rings. The van der Waals surface area contributed by atoms with Gasteiger partial charge < -0.3 is 10.1 Å². The Labute approximate surface area is 103 Å². The maximum Gasteiger partial charge on any atom is 0.220 e. The van der Waals surface area contributed by atoms with Crippen molar-refractivity contribution >= 4 is 5.82 Å². The summed E-state index contributed by atoms with van der Waals surface area (Å²) >= 11 is 0. The topological polar surface area (TPSA) is 47.0 Å². The molecule has 0 aromatic carbocycles. The van der Waals surface area contributed by atoms with E-state index in [-0.39, 0.29) is 0 Å². The monoisotopic (exact) mass is 233 g/mol.